The van der Waals surface area contributed by atoms with E-state index in [2.05, 4.69) is 4.99 Å². The molecular weight excluding hydrogens is 574 g/mol. The Morgan fingerprint density at radius 2 is 1.91 bits per heavy atom. The fourth-order valence-corrected chi connectivity index (χ4v) is 6.04. The molecule has 1 atom stereocenters. The summed E-state index contributed by atoms with van der Waals surface area (Å²) >= 11 is 1.15. The predicted molar refractivity (Wildman–Crippen MR) is 160 cm³/mol. The van der Waals surface area contributed by atoms with E-state index in [-0.39, 0.29) is 23.4 Å². The number of esters is 1. The molecule has 0 amide bonds. The highest BCUT2D eigenvalue weighted by Gasteiger charge is 2.35. The highest BCUT2D eigenvalue weighted by atomic mass is 32.1. The van der Waals surface area contributed by atoms with Crippen molar-refractivity contribution in [3.63, 3.8) is 0 Å². The van der Waals surface area contributed by atoms with Crippen LogP contribution in [-0.2, 0) is 9.53 Å². The number of carbonyl (C=O) groups is 1. The Morgan fingerprint density at radius 1 is 1.14 bits per heavy atom. The average Bonchev–Trinajstić information content (AvgIpc) is 3.57. The van der Waals surface area contributed by atoms with Gasteiger partial charge in [-0.1, -0.05) is 11.3 Å². The summed E-state index contributed by atoms with van der Waals surface area (Å²) in [5.74, 6) is 1.19. The molecule has 0 fully saturated rings. The maximum atomic E-state index is 14.0. The van der Waals surface area contributed by atoms with E-state index in [1.165, 1.54) is 24.9 Å². The molecule has 1 aliphatic heterocycles. The molecule has 2 aromatic carbocycles. The van der Waals surface area contributed by atoms with Crippen molar-refractivity contribution in [1.82, 2.24) is 4.57 Å². The third-order valence-corrected chi connectivity index (χ3v) is 8.26. The maximum Gasteiger partial charge on any atom is 0.338 e. The van der Waals surface area contributed by atoms with Crippen LogP contribution in [0.3, 0.4) is 0 Å². The fourth-order valence-electron chi connectivity index (χ4n) is 5.02. The Labute approximate surface area is 250 Å². The average molecular weight is 604 g/mol. The van der Waals surface area contributed by atoms with Gasteiger partial charge in [0, 0.05) is 34.9 Å². The summed E-state index contributed by atoms with van der Waals surface area (Å²) in [6, 6.07) is 11.0. The molecule has 0 spiro atoms. The number of rotatable bonds is 8. The first-order valence-electron chi connectivity index (χ1n) is 13.3. The first-order valence-corrected chi connectivity index (χ1v) is 14.2. The van der Waals surface area contributed by atoms with Gasteiger partial charge in [0.05, 0.1) is 41.6 Å². The minimum Gasteiger partial charge on any atom is -0.497 e. The number of methoxy groups -OCH3 is 2. The van der Waals surface area contributed by atoms with Crippen LogP contribution in [0, 0.1) is 24.0 Å². The van der Waals surface area contributed by atoms with Gasteiger partial charge in [-0.05, 0) is 63.6 Å². The molecule has 0 N–H and O–H groups in total. The van der Waals surface area contributed by atoms with Crippen molar-refractivity contribution < 1.29 is 28.3 Å². The van der Waals surface area contributed by atoms with Crippen molar-refractivity contribution in [3.8, 4) is 22.8 Å². The number of carbonyl (C=O) groups excluding carboxylic acids is 1. The highest BCUT2D eigenvalue weighted by molar-refractivity contribution is 7.07. The molecule has 0 saturated carbocycles. The number of fused-ring (bicyclic) bond motifs is 1. The van der Waals surface area contributed by atoms with Crippen molar-refractivity contribution in [3.05, 3.63) is 106 Å². The van der Waals surface area contributed by atoms with E-state index >= 15 is 0 Å². The third-order valence-electron chi connectivity index (χ3n) is 7.27. The Morgan fingerprint density at radius 3 is 2.58 bits per heavy atom. The van der Waals surface area contributed by atoms with Crippen molar-refractivity contribution in [2.24, 2.45) is 4.99 Å². The van der Waals surface area contributed by atoms with Gasteiger partial charge >= 0.3 is 5.97 Å². The third kappa shape index (κ3) is 5.37. The number of aryl methyl sites for hydroxylation is 1. The number of allylic oxidation sites excluding steroid dienone is 1. The summed E-state index contributed by atoms with van der Waals surface area (Å²) in [6.45, 7) is 7.07. The molecule has 0 radical (unpaired) electrons. The van der Waals surface area contributed by atoms with Crippen LogP contribution in [0.15, 0.2) is 67.9 Å². The standard InChI is InChI=1S/C31H29N3O8S/c1-7-41-30(36)27-18(4)32-31-33(28(27)22-10-8-20(39-5)14-25(22)40-6)29(35)26(43-31)15-21-9-11-24(42-21)19-12-16(2)17(3)23(13-19)34(37)38/h8-15,28H,7H2,1-6H3/b26-15-. The largest absolute Gasteiger partial charge is 0.497 e. The van der Waals surface area contributed by atoms with E-state index in [0.717, 1.165) is 16.9 Å². The van der Waals surface area contributed by atoms with Crippen molar-refractivity contribution >= 4 is 29.1 Å². The van der Waals surface area contributed by atoms with Gasteiger partial charge in [0.1, 0.15) is 29.1 Å². The number of hydrogen-bond acceptors (Lipinski definition) is 10. The van der Waals surface area contributed by atoms with E-state index in [1.807, 2.05) is 6.07 Å². The van der Waals surface area contributed by atoms with E-state index < -0.39 is 16.9 Å². The Balaban J connectivity index is 1.65. The fraction of sp³-hybridized carbons (Fsp3) is 0.258. The summed E-state index contributed by atoms with van der Waals surface area (Å²) in [5, 5.41) is 11.5. The molecule has 1 unspecified atom stereocenters. The molecule has 4 aromatic rings. The van der Waals surface area contributed by atoms with Crippen LogP contribution in [0.5, 0.6) is 11.5 Å². The zero-order valence-corrected chi connectivity index (χ0v) is 25.2. The number of thiazole rings is 1. The van der Waals surface area contributed by atoms with Gasteiger partial charge in [-0.15, -0.1) is 0 Å². The highest BCUT2D eigenvalue weighted by Crippen LogP contribution is 2.38. The molecule has 12 heteroatoms. The monoisotopic (exact) mass is 603 g/mol. The van der Waals surface area contributed by atoms with E-state index in [0.29, 0.717) is 54.7 Å². The molecule has 11 nitrogen and oxygen atoms in total. The molecule has 3 heterocycles. The van der Waals surface area contributed by atoms with Crippen LogP contribution >= 0.6 is 11.3 Å². The van der Waals surface area contributed by atoms with Gasteiger partial charge < -0.3 is 18.6 Å². The molecule has 222 valence electrons. The van der Waals surface area contributed by atoms with Gasteiger partial charge in [0.25, 0.3) is 11.2 Å². The van der Waals surface area contributed by atoms with Crippen LogP contribution in [0.1, 0.15) is 42.3 Å². The predicted octanol–water partition coefficient (Wildman–Crippen LogP) is 4.60. The Kier molecular flexibility index (Phi) is 8.05. The van der Waals surface area contributed by atoms with Gasteiger partial charge in [-0.25, -0.2) is 9.79 Å². The number of aromatic nitrogens is 1. The SMILES string of the molecule is CCOC(=O)C1=C(C)N=c2s/c(=C\c3ccc(-c4cc(C)c(C)c([N+](=O)[O-])c4)o3)c(=O)n2C1c1ccc(OC)cc1OC. The molecule has 0 aliphatic carbocycles. The van der Waals surface area contributed by atoms with Gasteiger partial charge in [-0.3, -0.25) is 19.5 Å². The smallest absolute Gasteiger partial charge is 0.338 e. The molecule has 43 heavy (non-hydrogen) atoms. The van der Waals surface area contributed by atoms with E-state index in [1.54, 1.807) is 64.1 Å². The topological polar surface area (TPSA) is 135 Å². The molecule has 2 aromatic heterocycles. The van der Waals surface area contributed by atoms with E-state index in [4.69, 9.17) is 18.6 Å². The zero-order valence-electron chi connectivity index (χ0n) is 24.4. The van der Waals surface area contributed by atoms with Gasteiger partial charge in [-0.2, -0.15) is 0 Å². The van der Waals surface area contributed by atoms with Crippen molar-refractivity contribution in [2.75, 3.05) is 20.8 Å². The van der Waals surface area contributed by atoms with E-state index in [9.17, 15) is 19.7 Å². The summed E-state index contributed by atoms with van der Waals surface area (Å²) in [6.07, 6.45) is 1.59. The Bertz CT molecular complexity index is 1980. The number of benzene rings is 2. The maximum absolute atomic E-state index is 14.0. The lowest BCUT2D eigenvalue weighted by Crippen LogP contribution is -2.40. The molecule has 0 saturated heterocycles. The molecule has 5 rings (SSSR count). The Hall–Kier alpha value is -4.97. The summed E-state index contributed by atoms with van der Waals surface area (Å²) in [7, 11) is 3.04. The van der Waals surface area contributed by atoms with Crippen LogP contribution in [0.25, 0.3) is 17.4 Å². The minimum absolute atomic E-state index is 0.00277. The normalized spacial score (nSPS) is 14.7. The number of nitro benzene ring substituents is 1. The molecule has 0 bridgehead atoms. The summed E-state index contributed by atoms with van der Waals surface area (Å²) < 4.78 is 24.1. The van der Waals surface area contributed by atoms with Crippen molar-refractivity contribution in [1.29, 1.82) is 0 Å². The molecule has 1 aliphatic rings. The number of nitrogens with zero attached hydrogens (tertiary/aromatic N) is 3. The van der Waals surface area contributed by atoms with Crippen LogP contribution in [0.4, 0.5) is 5.69 Å². The van der Waals surface area contributed by atoms with Crippen LogP contribution in [-0.4, -0.2) is 36.3 Å². The lowest BCUT2D eigenvalue weighted by Gasteiger charge is -2.26. The first-order chi connectivity index (χ1) is 20.6. The number of hydrogen-bond donors (Lipinski definition) is 0. The van der Waals surface area contributed by atoms with Gasteiger partial charge in [0.2, 0.25) is 0 Å². The van der Waals surface area contributed by atoms with Crippen LogP contribution < -0.4 is 24.4 Å². The zero-order chi connectivity index (χ0) is 31.0. The quantitative estimate of drug-likeness (QED) is 0.162. The summed E-state index contributed by atoms with van der Waals surface area (Å²) in [4.78, 5) is 43.3. The van der Waals surface area contributed by atoms with Gasteiger partial charge in [0.15, 0.2) is 4.80 Å². The number of nitro groups is 1. The number of ether oxygens (including phenoxy) is 3. The summed E-state index contributed by atoms with van der Waals surface area (Å²) in [5.41, 5.74) is 2.72. The minimum atomic E-state index is -0.874. The van der Waals surface area contributed by atoms with Crippen LogP contribution in [0.2, 0.25) is 0 Å². The number of furan rings is 1. The second-order valence-electron chi connectivity index (χ2n) is 9.81. The lowest BCUT2D eigenvalue weighted by molar-refractivity contribution is -0.385. The molecular formula is C31H29N3O8S. The lowest BCUT2D eigenvalue weighted by atomic mass is 9.95. The van der Waals surface area contributed by atoms with Crippen molar-refractivity contribution in [2.45, 2.75) is 33.7 Å². The second-order valence-corrected chi connectivity index (χ2v) is 10.8. The second kappa shape index (κ2) is 11.7. The first kappa shape index (κ1) is 29.5.